The molecule has 0 saturated carbocycles. The summed E-state index contributed by atoms with van der Waals surface area (Å²) in [6.07, 6.45) is -4.98. The lowest BCUT2D eigenvalue weighted by molar-refractivity contribution is -0.140. The van der Waals surface area contributed by atoms with Crippen molar-refractivity contribution in [2.75, 3.05) is 0 Å². The van der Waals surface area contributed by atoms with Crippen molar-refractivity contribution in [1.29, 1.82) is 0 Å². The highest BCUT2D eigenvalue weighted by molar-refractivity contribution is 5.29. The fourth-order valence-corrected chi connectivity index (χ4v) is 0.959. The first kappa shape index (κ1) is 6.40. The van der Waals surface area contributed by atoms with Gasteiger partial charge in [-0.15, -0.1) is 0 Å². The Morgan fingerprint density at radius 2 is 2.14 bits per heavy atom. The lowest BCUT2D eigenvalue weighted by Crippen LogP contribution is -2.14. The minimum Gasteiger partial charge on any atom is -0.324 e. The molecule has 1 aromatic carbocycles. The van der Waals surface area contributed by atoms with Gasteiger partial charge in [0.1, 0.15) is 5.82 Å². The quantitative estimate of drug-likeness (QED) is 0.710. The topological polar surface area (TPSA) is 26.0 Å². The van der Waals surface area contributed by atoms with E-state index in [0.717, 1.165) is 12.1 Å². The predicted octanol–water partition coefficient (Wildman–Crippen LogP) is 2.86. The fraction of sp³-hybridized carbons (Fsp3) is 0.333. The van der Waals surface area contributed by atoms with Crippen LogP contribution in [0.2, 0.25) is 0 Å². The molecule has 78 valence electrons. The summed E-state index contributed by atoms with van der Waals surface area (Å²) in [6, 6.07) is -0.931. The Morgan fingerprint density at radius 3 is 2.64 bits per heavy atom. The minimum atomic E-state index is -4.98. The van der Waals surface area contributed by atoms with Gasteiger partial charge in [-0.25, -0.2) is 4.39 Å². The van der Waals surface area contributed by atoms with Gasteiger partial charge in [0.25, 0.3) is 0 Å². The van der Waals surface area contributed by atoms with Crippen molar-refractivity contribution in [3.63, 3.8) is 0 Å². The number of alkyl halides is 3. The average molecular weight is 211 g/mol. The Bertz CT molecular complexity index is 453. The first-order valence-corrected chi connectivity index (χ1v) is 3.54. The third-order valence-electron chi connectivity index (χ3n) is 1.59. The van der Waals surface area contributed by atoms with Crippen LogP contribution in [0.1, 0.15) is 29.5 Å². The normalized spacial score (nSPS) is 21.5. The van der Waals surface area contributed by atoms with Crippen molar-refractivity contribution in [2.24, 2.45) is 5.73 Å². The largest absolute Gasteiger partial charge is 0.419 e. The highest BCUT2D eigenvalue weighted by Crippen LogP contribution is 2.33. The van der Waals surface area contributed by atoms with E-state index in [1.165, 1.54) is 0 Å². The van der Waals surface area contributed by atoms with Crippen LogP contribution in [0.25, 0.3) is 0 Å². The van der Waals surface area contributed by atoms with Gasteiger partial charge in [0.2, 0.25) is 0 Å². The maximum atomic E-state index is 13.6. The molecule has 1 nitrogen and oxygen atoms in total. The Morgan fingerprint density at radius 1 is 1.50 bits per heavy atom. The van der Waals surface area contributed by atoms with Gasteiger partial charge in [0, 0.05) is 15.7 Å². The van der Waals surface area contributed by atoms with Gasteiger partial charge in [-0.05, 0) is 12.9 Å². The molecule has 1 aromatic rings. The molecule has 14 heavy (non-hydrogen) atoms. The van der Waals surface area contributed by atoms with E-state index in [1.807, 2.05) is 0 Å². The first-order chi connectivity index (χ1) is 7.89. The van der Waals surface area contributed by atoms with Crippen LogP contribution in [0.4, 0.5) is 17.6 Å². The van der Waals surface area contributed by atoms with Crippen LogP contribution in [-0.2, 0) is 6.18 Å². The van der Waals surface area contributed by atoms with Gasteiger partial charge in [-0.1, -0.05) is 12.1 Å². The molecule has 0 heterocycles. The zero-order valence-electron chi connectivity index (χ0n) is 10.8. The molecule has 0 bridgehead atoms. The van der Waals surface area contributed by atoms with Gasteiger partial charge in [0.05, 0.1) is 6.93 Å². The highest BCUT2D eigenvalue weighted by atomic mass is 19.4. The van der Waals surface area contributed by atoms with Crippen molar-refractivity contribution in [1.82, 2.24) is 0 Å². The van der Waals surface area contributed by atoms with Gasteiger partial charge in [0.15, 0.2) is 0 Å². The van der Waals surface area contributed by atoms with Crippen LogP contribution in [0.5, 0.6) is 0 Å². The van der Waals surface area contributed by atoms with Gasteiger partial charge >= 0.3 is 6.18 Å². The minimum absolute atomic E-state index is 0.453. The summed E-state index contributed by atoms with van der Waals surface area (Å²) in [5.74, 6) is -1.83. The second kappa shape index (κ2) is 3.57. The molecule has 0 aliphatic heterocycles. The SMILES string of the molecule is [2H]C([2H])([2H])[C@@]([2H])(N)c1cccc(C(F)(F)F)c1F. The number of rotatable bonds is 1. The molecule has 1 rings (SSSR count). The molecule has 0 aliphatic carbocycles. The number of benzene rings is 1. The van der Waals surface area contributed by atoms with Crippen LogP contribution in [0.3, 0.4) is 0 Å². The summed E-state index contributed by atoms with van der Waals surface area (Å²) in [4.78, 5) is 0. The molecule has 0 saturated heterocycles. The van der Waals surface area contributed by atoms with E-state index in [-0.39, 0.29) is 0 Å². The van der Waals surface area contributed by atoms with Crippen LogP contribution >= 0.6 is 0 Å². The number of hydrogen-bond acceptors (Lipinski definition) is 1. The third-order valence-corrected chi connectivity index (χ3v) is 1.59. The monoisotopic (exact) mass is 211 g/mol. The zero-order valence-corrected chi connectivity index (χ0v) is 6.82. The van der Waals surface area contributed by atoms with Gasteiger partial charge < -0.3 is 5.73 Å². The Labute approximate surface area is 84.1 Å². The molecular formula is C9H9F4N. The van der Waals surface area contributed by atoms with Crippen molar-refractivity contribution in [2.45, 2.75) is 19.0 Å². The van der Waals surface area contributed by atoms with E-state index in [0.29, 0.717) is 6.07 Å². The van der Waals surface area contributed by atoms with E-state index in [1.54, 1.807) is 0 Å². The summed E-state index contributed by atoms with van der Waals surface area (Å²) in [7, 11) is 0. The molecule has 0 aromatic heterocycles. The Kier molecular flexibility index (Phi) is 1.63. The average Bonchev–Trinajstić information content (AvgIpc) is 2.13. The van der Waals surface area contributed by atoms with Crippen LogP contribution in [-0.4, -0.2) is 0 Å². The molecule has 0 spiro atoms. The van der Waals surface area contributed by atoms with Gasteiger partial charge in [-0.2, -0.15) is 13.2 Å². The van der Waals surface area contributed by atoms with Gasteiger partial charge in [-0.3, -0.25) is 0 Å². The molecule has 0 unspecified atom stereocenters. The third kappa shape index (κ3) is 2.04. The van der Waals surface area contributed by atoms with Crippen LogP contribution in [0, 0.1) is 5.82 Å². The molecule has 0 fully saturated rings. The van der Waals surface area contributed by atoms with Crippen molar-refractivity contribution in [3.8, 4) is 0 Å². The van der Waals surface area contributed by atoms with E-state index in [4.69, 9.17) is 11.2 Å². The highest BCUT2D eigenvalue weighted by Gasteiger charge is 2.34. The van der Waals surface area contributed by atoms with E-state index >= 15 is 0 Å². The summed E-state index contributed by atoms with van der Waals surface area (Å²) < 4.78 is 79.2. The number of hydrogen-bond donors (Lipinski definition) is 1. The second-order valence-corrected chi connectivity index (χ2v) is 2.58. The van der Waals surface area contributed by atoms with E-state index in [2.05, 4.69) is 0 Å². The van der Waals surface area contributed by atoms with Crippen LogP contribution in [0.15, 0.2) is 18.2 Å². The lowest BCUT2D eigenvalue weighted by atomic mass is 10.0. The lowest BCUT2D eigenvalue weighted by Gasteiger charge is -2.12. The van der Waals surface area contributed by atoms with Crippen molar-refractivity contribution < 1.29 is 23.0 Å². The molecule has 1 atom stereocenters. The second-order valence-electron chi connectivity index (χ2n) is 2.58. The Hall–Kier alpha value is -1.10. The molecule has 0 radical (unpaired) electrons. The Balaban J connectivity index is 3.46. The van der Waals surface area contributed by atoms with E-state index in [9.17, 15) is 17.6 Å². The van der Waals surface area contributed by atoms with Crippen molar-refractivity contribution >= 4 is 0 Å². The molecule has 0 amide bonds. The smallest absolute Gasteiger partial charge is 0.324 e. The predicted molar refractivity (Wildman–Crippen MR) is 44.0 cm³/mol. The fourth-order valence-electron chi connectivity index (χ4n) is 0.959. The molecule has 0 aliphatic rings. The molecule has 5 heteroatoms. The molecule has 2 N–H and O–H groups in total. The number of halogens is 4. The number of nitrogens with two attached hydrogens (primary N) is 1. The standard InChI is InChI=1S/C9H9F4N/c1-5(14)6-3-2-4-7(8(6)10)9(11,12)13/h2-5H,14H2,1H3/t5-/m1/s1/i1D3,5D. The van der Waals surface area contributed by atoms with Crippen LogP contribution < -0.4 is 5.73 Å². The molecular weight excluding hydrogens is 198 g/mol. The maximum Gasteiger partial charge on any atom is 0.419 e. The first-order valence-electron chi connectivity index (χ1n) is 5.54. The maximum absolute atomic E-state index is 13.6. The summed E-state index contributed by atoms with van der Waals surface area (Å²) >= 11 is 0. The zero-order chi connectivity index (χ0) is 14.4. The summed E-state index contributed by atoms with van der Waals surface area (Å²) in [5.41, 5.74) is 2.46. The van der Waals surface area contributed by atoms with Crippen molar-refractivity contribution in [3.05, 3.63) is 35.1 Å². The van der Waals surface area contributed by atoms with E-state index < -0.39 is 36.0 Å². The summed E-state index contributed by atoms with van der Waals surface area (Å²) in [5, 5.41) is 0. The summed E-state index contributed by atoms with van der Waals surface area (Å²) in [6.45, 7) is -3.15.